The maximum absolute atomic E-state index is 11.1. The van der Waals surface area contributed by atoms with Gasteiger partial charge < -0.3 is 10.3 Å². The Labute approximate surface area is 131 Å². The number of anilines is 1. The third kappa shape index (κ3) is 2.73. The largest absolute Gasteiger partial charge is 0.370 e. The summed E-state index contributed by atoms with van der Waals surface area (Å²) in [7, 11) is 0. The third-order valence-electron chi connectivity index (χ3n) is 3.35. The number of benzene rings is 2. The van der Waals surface area contributed by atoms with Crippen molar-refractivity contribution in [3.63, 3.8) is 0 Å². The molecule has 6 nitrogen and oxygen atoms in total. The van der Waals surface area contributed by atoms with Crippen LogP contribution in [0.2, 0.25) is 5.02 Å². The highest BCUT2D eigenvalue weighted by atomic mass is 35.5. The minimum Gasteiger partial charge on any atom is -0.370 e. The Morgan fingerprint density at radius 1 is 1.32 bits per heavy atom. The molecule has 0 radical (unpaired) electrons. The van der Waals surface area contributed by atoms with Crippen molar-refractivity contribution in [1.82, 2.24) is 9.97 Å². The van der Waals surface area contributed by atoms with Crippen LogP contribution in [0.4, 0.5) is 11.4 Å². The number of nitro benzene ring substituents is 1. The van der Waals surface area contributed by atoms with Crippen LogP contribution in [0.1, 0.15) is 18.8 Å². The Balaban J connectivity index is 1.91. The Hall–Kier alpha value is -2.60. The monoisotopic (exact) mass is 316 g/mol. The number of nitrogens with one attached hydrogen (secondary N) is 2. The summed E-state index contributed by atoms with van der Waals surface area (Å²) in [5.74, 6) is 0.713. The number of hydrogen-bond acceptors (Lipinski definition) is 4. The second kappa shape index (κ2) is 5.65. The van der Waals surface area contributed by atoms with E-state index < -0.39 is 4.92 Å². The van der Waals surface area contributed by atoms with E-state index in [0.717, 1.165) is 11.0 Å². The highest BCUT2D eigenvalue weighted by molar-refractivity contribution is 6.30. The second-order valence-electron chi connectivity index (χ2n) is 4.92. The van der Waals surface area contributed by atoms with E-state index in [1.807, 2.05) is 31.2 Å². The van der Waals surface area contributed by atoms with Gasteiger partial charge in [0.15, 0.2) is 0 Å². The predicted octanol–water partition coefficient (Wildman–Crippen LogP) is 4.30. The number of aromatic amines is 1. The number of nitrogens with zero attached hydrogens (tertiary/aromatic N) is 2. The Bertz CT molecular complexity index is 813. The average molecular weight is 317 g/mol. The van der Waals surface area contributed by atoms with Crippen molar-refractivity contribution in [3.05, 3.63) is 63.4 Å². The summed E-state index contributed by atoms with van der Waals surface area (Å²) >= 11 is 5.82. The standard InChI is InChI=1S/C15H13ClN4O2/c1-9(15-18-11-4-2-3-5-12(11)19-15)17-13-7-6-10(16)8-14(13)20(21)22/h2-9,17H,1H3,(H,18,19). The van der Waals surface area contributed by atoms with Crippen LogP contribution in [0.5, 0.6) is 0 Å². The van der Waals surface area contributed by atoms with Crippen molar-refractivity contribution >= 4 is 34.0 Å². The molecule has 1 atom stereocenters. The van der Waals surface area contributed by atoms with E-state index in [1.165, 1.54) is 6.07 Å². The molecule has 1 heterocycles. The van der Waals surface area contributed by atoms with E-state index in [4.69, 9.17) is 11.6 Å². The smallest absolute Gasteiger partial charge is 0.293 e. The zero-order valence-electron chi connectivity index (χ0n) is 11.7. The molecule has 0 amide bonds. The van der Waals surface area contributed by atoms with Crippen LogP contribution in [0.15, 0.2) is 42.5 Å². The summed E-state index contributed by atoms with van der Waals surface area (Å²) in [6, 6.07) is 12.0. The van der Waals surface area contributed by atoms with Crippen molar-refractivity contribution in [1.29, 1.82) is 0 Å². The molecule has 0 aliphatic heterocycles. The fourth-order valence-corrected chi connectivity index (χ4v) is 2.42. The summed E-state index contributed by atoms with van der Waals surface area (Å²) in [5, 5.41) is 14.5. The summed E-state index contributed by atoms with van der Waals surface area (Å²) in [5.41, 5.74) is 2.13. The molecule has 1 unspecified atom stereocenters. The van der Waals surface area contributed by atoms with E-state index in [1.54, 1.807) is 12.1 Å². The Morgan fingerprint density at radius 3 is 2.82 bits per heavy atom. The number of aromatic nitrogens is 2. The molecule has 1 aromatic heterocycles. The van der Waals surface area contributed by atoms with Gasteiger partial charge in [-0.25, -0.2) is 4.98 Å². The fourth-order valence-electron chi connectivity index (χ4n) is 2.26. The zero-order valence-corrected chi connectivity index (χ0v) is 12.5. The Kier molecular flexibility index (Phi) is 3.68. The zero-order chi connectivity index (χ0) is 15.7. The van der Waals surface area contributed by atoms with Gasteiger partial charge in [-0.15, -0.1) is 0 Å². The van der Waals surface area contributed by atoms with Crippen LogP contribution in [-0.2, 0) is 0 Å². The van der Waals surface area contributed by atoms with Gasteiger partial charge in [0.25, 0.3) is 5.69 Å². The molecule has 7 heteroatoms. The molecule has 0 bridgehead atoms. The van der Waals surface area contributed by atoms with Crippen molar-refractivity contribution in [2.45, 2.75) is 13.0 Å². The van der Waals surface area contributed by atoms with Crippen LogP contribution < -0.4 is 5.32 Å². The molecule has 3 aromatic rings. The van der Waals surface area contributed by atoms with Gasteiger partial charge in [0.2, 0.25) is 0 Å². The number of H-pyrrole nitrogens is 1. The minimum atomic E-state index is -0.459. The van der Waals surface area contributed by atoms with Crippen molar-refractivity contribution < 1.29 is 4.92 Å². The summed E-state index contributed by atoms with van der Waals surface area (Å²) in [6.07, 6.45) is 0. The van der Waals surface area contributed by atoms with Crippen LogP contribution in [0.3, 0.4) is 0 Å². The van der Waals surface area contributed by atoms with Gasteiger partial charge >= 0.3 is 0 Å². The number of para-hydroxylation sites is 2. The topological polar surface area (TPSA) is 83.8 Å². The van der Waals surface area contributed by atoms with Crippen molar-refractivity contribution in [2.75, 3.05) is 5.32 Å². The number of halogens is 1. The predicted molar refractivity (Wildman–Crippen MR) is 86.2 cm³/mol. The van der Waals surface area contributed by atoms with Crippen LogP contribution in [0, 0.1) is 10.1 Å². The van der Waals surface area contributed by atoms with Gasteiger partial charge in [0, 0.05) is 11.1 Å². The van der Waals surface area contributed by atoms with Gasteiger partial charge in [-0.05, 0) is 31.2 Å². The van der Waals surface area contributed by atoms with Gasteiger partial charge in [-0.2, -0.15) is 0 Å². The van der Waals surface area contributed by atoms with Crippen molar-refractivity contribution in [2.24, 2.45) is 0 Å². The van der Waals surface area contributed by atoms with E-state index >= 15 is 0 Å². The summed E-state index contributed by atoms with van der Waals surface area (Å²) in [6.45, 7) is 1.88. The average Bonchev–Trinajstić information content (AvgIpc) is 2.93. The fraction of sp³-hybridized carbons (Fsp3) is 0.133. The lowest BCUT2D eigenvalue weighted by Crippen LogP contribution is -2.09. The van der Waals surface area contributed by atoms with Crippen LogP contribution >= 0.6 is 11.6 Å². The van der Waals surface area contributed by atoms with Crippen LogP contribution in [-0.4, -0.2) is 14.9 Å². The molecule has 0 spiro atoms. The molecule has 0 saturated carbocycles. The molecule has 112 valence electrons. The first-order valence-corrected chi connectivity index (χ1v) is 7.07. The number of rotatable bonds is 4. The minimum absolute atomic E-state index is 0.0598. The van der Waals surface area contributed by atoms with Gasteiger partial charge in [0.1, 0.15) is 11.5 Å². The Morgan fingerprint density at radius 2 is 2.09 bits per heavy atom. The normalized spacial score (nSPS) is 12.3. The number of fused-ring (bicyclic) bond motifs is 1. The lowest BCUT2D eigenvalue weighted by molar-refractivity contribution is -0.384. The molecule has 0 saturated heterocycles. The van der Waals surface area contributed by atoms with Crippen LogP contribution in [0.25, 0.3) is 11.0 Å². The molecular weight excluding hydrogens is 304 g/mol. The molecule has 3 rings (SSSR count). The SMILES string of the molecule is CC(Nc1ccc(Cl)cc1[N+](=O)[O-])c1nc2ccccc2[nH]1. The van der Waals surface area contributed by atoms with Gasteiger partial charge in [-0.3, -0.25) is 10.1 Å². The summed E-state index contributed by atoms with van der Waals surface area (Å²) in [4.78, 5) is 18.4. The lowest BCUT2D eigenvalue weighted by Gasteiger charge is -2.13. The number of hydrogen-bond donors (Lipinski definition) is 2. The molecule has 22 heavy (non-hydrogen) atoms. The van der Waals surface area contributed by atoms with E-state index in [9.17, 15) is 10.1 Å². The van der Waals surface area contributed by atoms with Crippen molar-refractivity contribution in [3.8, 4) is 0 Å². The van der Waals surface area contributed by atoms with Gasteiger partial charge in [-0.1, -0.05) is 23.7 Å². The first kappa shape index (κ1) is 14.3. The molecule has 2 N–H and O–H groups in total. The quantitative estimate of drug-likeness (QED) is 0.555. The molecule has 0 aliphatic carbocycles. The first-order valence-electron chi connectivity index (χ1n) is 6.70. The molecular formula is C15H13ClN4O2. The summed E-state index contributed by atoms with van der Waals surface area (Å²) < 4.78 is 0. The first-order chi connectivity index (χ1) is 10.5. The highest BCUT2D eigenvalue weighted by Crippen LogP contribution is 2.30. The van der Waals surface area contributed by atoms with E-state index in [-0.39, 0.29) is 11.7 Å². The number of imidazole rings is 1. The second-order valence-corrected chi connectivity index (χ2v) is 5.36. The van der Waals surface area contributed by atoms with E-state index in [2.05, 4.69) is 15.3 Å². The number of nitro groups is 1. The molecule has 2 aromatic carbocycles. The maximum atomic E-state index is 11.1. The third-order valence-corrected chi connectivity index (χ3v) is 3.58. The lowest BCUT2D eigenvalue weighted by atomic mass is 10.2. The van der Waals surface area contributed by atoms with Gasteiger partial charge in [0.05, 0.1) is 22.0 Å². The molecule has 0 aliphatic rings. The maximum Gasteiger partial charge on any atom is 0.293 e. The van der Waals surface area contributed by atoms with E-state index in [0.29, 0.717) is 16.5 Å². The highest BCUT2D eigenvalue weighted by Gasteiger charge is 2.18. The molecule has 0 fully saturated rings.